The third-order valence-electron chi connectivity index (χ3n) is 4.71. The quantitative estimate of drug-likeness (QED) is 0.663. The molecule has 1 aliphatic rings. The number of rotatable bonds is 2. The van der Waals surface area contributed by atoms with E-state index >= 15 is 0 Å². The van der Waals surface area contributed by atoms with Gasteiger partial charge in [0.15, 0.2) is 0 Å². The highest BCUT2D eigenvalue weighted by Gasteiger charge is 2.33. The first kappa shape index (κ1) is 14.6. The van der Waals surface area contributed by atoms with Gasteiger partial charge in [-0.3, -0.25) is 14.5 Å². The Kier molecular flexibility index (Phi) is 3.24. The topological polar surface area (TPSA) is 37.4 Å². The Hall–Kier alpha value is -2.94. The third-order valence-corrected chi connectivity index (χ3v) is 4.71. The highest BCUT2D eigenvalue weighted by Crippen LogP contribution is 2.34. The van der Waals surface area contributed by atoms with Crippen molar-refractivity contribution >= 4 is 22.6 Å². The predicted octanol–water partition coefficient (Wildman–Crippen LogP) is 4.25. The van der Waals surface area contributed by atoms with E-state index in [1.807, 2.05) is 68.4 Å². The van der Waals surface area contributed by atoms with Gasteiger partial charge in [-0.2, -0.15) is 0 Å². The zero-order chi connectivity index (χ0) is 16.8. The van der Waals surface area contributed by atoms with Crippen molar-refractivity contribution in [3.63, 3.8) is 0 Å². The van der Waals surface area contributed by atoms with Gasteiger partial charge in [0.25, 0.3) is 11.8 Å². The average molecular weight is 315 g/mol. The summed E-state index contributed by atoms with van der Waals surface area (Å²) in [5, 5.41) is 1.82. The minimum absolute atomic E-state index is 0.216. The molecular weight excluding hydrogens is 298 g/mol. The Morgan fingerprint density at radius 3 is 1.79 bits per heavy atom. The second-order valence-electron chi connectivity index (χ2n) is 6.29. The summed E-state index contributed by atoms with van der Waals surface area (Å²) in [6, 6.07) is 17.2. The fourth-order valence-corrected chi connectivity index (χ4v) is 3.52. The molecule has 118 valence electrons. The van der Waals surface area contributed by atoms with Crippen LogP contribution in [0.1, 0.15) is 37.4 Å². The minimum atomic E-state index is -0.216. The summed E-state index contributed by atoms with van der Waals surface area (Å²) >= 11 is 0. The van der Waals surface area contributed by atoms with Crippen LogP contribution in [-0.2, 0) is 6.54 Å². The Morgan fingerprint density at radius 2 is 1.25 bits per heavy atom. The van der Waals surface area contributed by atoms with Gasteiger partial charge in [-0.05, 0) is 48.1 Å². The van der Waals surface area contributed by atoms with Gasteiger partial charge in [0.2, 0.25) is 0 Å². The molecule has 0 saturated heterocycles. The van der Waals surface area contributed by atoms with Crippen LogP contribution in [0.4, 0.5) is 0 Å². The number of hydrogen-bond acceptors (Lipinski definition) is 2. The van der Waals surface area contributed by atoms with E-state index in [2.05, 4.69) is 0 Å². The van der Waals surface area contributed by atoms with Crippen LogP contribution in [0.25, 0.3) is 10.8 Å². The summed E-state index contributed by atoms with van der Waals surface area (Å²) in [5.41, 5.74) is 4.35. The predicted molar refractivity (Wildman–Crippen MR) is 94.1 cm³/mol. The van der Waals surface area contributed by atoms with Gasteiger partial charge in [-0.1, -0.05) is 42.5 Å². The van der Waals surface area contributed by atoms with E-state index in [-0.39, 0.29) is 11.8 Å². The van der Waals surface area contributed by atoms with Gasteiger partial charge >= 0.3 is 0 Å². The molecule has 4 rings (SSSR count). The number of imide groups is 1. The van der Waals surface area contributed by atoms with Gasteiger partial charge in [-0.15, -0.1) is 0 Å². The highest BCUT2D eigenvalue weighted by molar-refractivity contribution is 6.26. The Labute approximate surface area is 140 Å². The van der Waals surface area contributed by atoms with Crippen LogP contribution in [0.5, 0.6) is 0 Å². The van der Waals surface area contributed by atoms with Crippen LogP contribution in [-0.4, -0.2) is 16.7 Å². The first-order valence-electron chi connectivity index (χ1n) is 8.01. The van der Waals surface area contributed by atoms with E-state index in [4.69, 9.17) is 0 Å². The molecule has 24 heavy (non-hydrogen) atoms. The normalized spacial score (nSPS) is 13.7. The largest absolute Gasteiger partial charge is 0.270 e. The lowest BCUT2D eigenvalue weighted by Gasteiger charge is -2.28. The van der Waals surface area contributed by atoms with E-state index in [9.17, 15) is 9.59 Å². The molecule has 1 heterocycles. The van der Waals surface area contributed by atoms with Crippen LogP contribution in [0.15, 0.2) is 54.6 Å². The van der Waals surface area contributed by atoms with Crippen molar-refractivity contribution in [2.75, 3.05) is 0 Å². The molecule has 0 bridgehead atoms. The number of carbonyl (C=O) groups is 2. The molecule has 0 saturated carbocycles. The maximum absolute atomic E-state index is 12.9. The Balaban J connectivity index is 1.90. The number of nitrogens with zero attached hydrogens (tertiary/aromatic N) is 1. The second-order valence-corrected chi connectivity index (χ2v) is 6.29. The molecule has 0 N–H and O–H groups in total. The van der Waals surface area contributed by atoms with E-state index in [1.165, 1.54) is 4.90 Å². The van der Waals surface area contributed by atoms with Crippen LogP contribution in [0, 0.1) is 13.8 Å². The zero-order valence-electron chi connectivity index (χ0n) is 13.7. The maximum atomic E-state index is 12.9. The summed E-state index contributed by atoms with van der Waals surface area (Å²) in [4.78, 5) is 27.2. The molecule has 0 radical (unpaired) electrons. The third kappa shape index (κ3) is 2.05. The smallest absolute Gasteiger partial charge is 0.261 e. The summed E-state index contributed by atoms with van der Waals surface area (Å²) < 4.78 is 0. The van der Waals surface area contributed by atoms with Crippen molar-refractivity contribution in [2.45, 2.75) is 20.4 Å². The van der Waals surface area contributed by atoms with Crippen LogP contribution in [0.2, 0.25) is 0 Å². The standard InChI is InChI=1S/C21H17NO2/c1-13-8-10-16-19-17(11-9-14(2)18(13)19)21(24)22(20(16)23)12-15-6-4-3-5-7-15/h3-11H,12H2,1-2H3. The average Bonchev–Trinajstić information content (AvgIpc) is 2.59. The van der Waals surface area contributed by atoms with Gasteiger partial charge in [0, 0.05) is 16.5 Å². The van der Waals surface area contributed by atoms with Crippen molar-refractivity contribution in [1.29, 1.82) is 0 Å². The second kappa shape index (κ2) is 5.31. The molecule has 0 spiro atoms. The summed E-state index contributed by atoms with van der Waals surface area (Å²) in [5.74, 6) is -0.432. The van der Waals surface area contributed by atoms with Crippen LogP contribution < -0.4 is 0 Å². The molecule has 0 aromatic heterocycles. The molecule has 2 amide bonds. The molecule has 1 aliphatic heterocycles. The number of hydrogen-bond donors (Lipinski definition) is 0. The van der Waals surface area contributed by atoms with E-state index < -0.39 is 0 Å². The molecule has 3 nitrogen and oxygen atoms in total. The molecule has 0 unspecified atom stereocenters. The number of carbonyl (C=O) groups excluding carboxylic acids is 2. The summed E-state index contributed by atoms with van der Waals surface area (Å²) in [7, 11) is 0. The van der Waals surface area contributed by atoms with Crippen LogP contribution in [0.3, 0.4) is 0 Å². The minimum Gasteiger partial charge on any atom is -0.270 e. The Morgan fingerprint density at radius 1 is 0.708 bits per heavy atom. The summed E-state index contributed by atoms with van der Waals surface area (Å²) in [6.45, 7) is 4.32. The van der Waals surface area contributed by atoms with E-state index in [0.29, 0.717) is 17.7 Å². The number of benzene rings is 3. The fraction of sp³-hybridized carbons (Fsp3) is 0.143. The number of aryl methyl sites for hydroxylation is 2. The molecule has 0 fully saturated rings. The molecule has 3 aromatic carbocycles. The highest BCUT2D eigenvalue weighted by atomic mass is 16.2. The molecule has 3 aromatic rings. The van der Waals surface area contributed by atoms with Crippen molar-refractivity contribution in [1.82, 2.24) is 4.90 Å². The Bertz CT molecular complexity index is 933. The monoisotopic (exact) mass is 315 g/mol. The fourth-order valence-electron chi connectivity index (χ4n) is 3.52. The maximum Gasteiger partial charge on any atom is 0.261 e. The first-order chi connectivity index (χ1) is 11.6. The lowest BCUT2D eigenvalue weighted by molar-refractivity contribution is 0.0598. The van der Waals surface area contributed by atoms with Crippen molar-refractivity contribution in [2.24, 2.45) is 0 Å². The van der Waals surface area contributed by atoms with Crippen molar-refractivity contribution in [3.8, 4) is 0 Å². The van der Waals surface area contributed by atoms with E-state index in [0.717, 1.165) is 27.5 Å². The lowest BCUT2D eigenvalue weighted by atomic mass is 9.89. The molecule has 0 aliphatic carbocycles. The SMILES string of the molecule is Cc1ccc2c3c(ccc(C)c13)C(=O)N(Cc1ccccc1)C2=O. The zero-order valence-corrected chi connectivity index (χ0v) is 13.7. The molecule has 0 atom stereocenters. The van der Waals surface area contributed by atoms with Gasteiger partial charge in [0.1, 0.15) is 0 Å². The van der Waals surface area contributed by atoms with Gasteiger partial charge in [0.05, 0.1) is 6.54 Å². The molecular formula is C21H17NO2. The van der Waals surface area contributed by atoms with Gasteiger partial charge in [-0.25, -0.2) is 0 Å². The van der Waals surface area contributed by atoms with Crippen molar-refractivity contribution in [3.05, 3.63) is 82.4 Å². The van der Waals surface area contributed by atoms with E-state index in [1.54, 1.807) is 0 Å². The summed E-state index contributed by atoms with van der Waals surface area (Å²) in [6.07, 6.45) is 0. The lowest BCUT2D eigenvalue weighted by Crippen LogP contribution is -2.39. The first-order valence-corrected chi connectivity index (χ1v) is 8.01. The van der Waals surface area contributed by atoms with Crippen molar-refractivity contribution < 1.29 is 9.59 Å². The number of amides is 2. The van der Waals surface area contributed by atoms with Gasteiger partial charge < -0.3 is 0 Å². The molecule has 3 heteroatoms. The van der Waals surface area contributed by atoms with Crippen LogP contribution >= 0.6 is 0 Å².